The number of benzene rings is 1. The van der Waals surface area contributed by atoms with Gasteiger partial charge < -0.3 is 20.1 Å². The molecule has 1 heterocycles. The van der Waals surface area contributed by atoms with Crippen molar-refractivity contribution >= 4 is 11.6 Å². The van der Waals surface area contributed by atoms with E-state index in [2.05, 4.69) is 15.6 Å². The molecule has 0 spiro atoms. The molecule has 1 aliphatic heterocycles. The Kier molecular flexibility index (Phi) is 9.57. The summed E-state index contributed by atoms with van der Waals surface area (Å²) in [4.78, 5) is 14.8. The second-order valence-corrected chi connectivity index (χ2v) is 6.53. The summed E-state index contributed by atoms with van der Waals surface area (Å²) in [5, 5.41) is 17.2. The maximum absolute atomic E-state index is 10.7. The molecular formula is C19H30N4O4. The van der Waals surface area contributed by atoms with Gasteiger partial charge in [0.15, 0.2) is 5.96 Å². The molecule has 8 heteroatoms. The van der Waals surface area contributed by atoms with Crippen LogP contribution in [0.4, 0.5) is 5.69 Å². The minimum absolute atomic E-state index is 0.0912. The number of nitrogens with zero attached hydrogens (tertiary/aromatic N) is 2. The molecule has 1 aromatic rings. The number of nitro groups is 1. The Labute approximate surface area is 160 Å². The van der Waals surface area contributed by atoms with E-state index >= 15 is 0 Å². The lowest BCUT2D eigenvalue weighted by Gasteiger charge is -2.21. The van der Waals surface area contributed by atoms with E-state index in [-0.39, 0.29) is 5.69 Å². The molecule has 0 aromatic heterocycles. The predicted molar refractivity (Wildman–Crippen MR) is 105 cm³/mol. The summed E-state index contributed by atoms with van der Waals surface area (Å²) >= 11 is 0. The number of aliphatic imine (C=N–C) groups is 1. The smallest absolute Gasteiger partial charge is 0.269 e. The fraction of sp³-hybridized carbons (Fsp3) is 0.632. The Balaban J connectivity index is 1.66. The number of rotatable bonds is 10. The van der Waals surface area contributed by atoms with Gasteiger partial charge in [0.25, 0.3) is 5.69 Å². The van der Waals surface area contributed by atoms with Crippen LogP contribution in [0.2, 0.25) is 0 Å². The number of non-ortho nitro benzene ring substituents is 1. The lowest BCUT2D eigenvalue weighted by Crippen LogP contribution is -2.38. The Morgan fingerprint density at radius 1 is 1.30 bits per heavy atom. The van der Waals surface area contributed by atoms with Crippen molar-refractivity contribution in [2.24, 2.45) is 10.9 Å². The molecule has 0 unspecified atom stereocenters. The first-order chi connectivity index (χ1) is 13.2. The second kappa shape index (κ2) is 12.2. The van der Waals surface area contributed by atoms with E-state index in [1.165, 1.54) is 12.1 Å². The van der Waals surface area contributed by atoms with Crippen molar-refractivity contribution in [3.63, 3.8) is 0 Å². The largest absolute Gasteiger partial charge is 0.381 e. The third-order valence-electron chi connectivity index (χ3n) is 4.36. The molecule has 1 fully saturated rings. The van der Waals surface area contributed by atoms with E-state index in [1.54, 1.807) is 12.1 Å². The van der Waals surface area contributed by atoms with Crippen LogP contribution in [0.15, 0.2) is 29.3 Å². The molecule has 0 radical (unpaired) electrons. The van der Waals surface area contributed by atoms with Gasteiger partial charge in [-0.3, -0.25) is 10.1 Å². The average molecular weight is 378 g/mol. The fourth-order valence-electron chi connectivity index (χ4n) is 2.78. The van der Waals surface area contributed by atoms with Gasteiger partial charge in [0.05, 0.1) is 11.5 Å². The average Bonchev–Trinajstić information content (AvgIpc) is 2.69. The van der Waals surface area contributed by atoms with Crippen molar-refractivity contribution in [1.82, 2.24) is 10.6 Å². The van der Waals surface area contributed by atoms with Crippen LogP contribution in [0.3, 0.4) is 0 Å². The Morgan fingerprint density at radius 3 is 2.70 bits per heavy atom. The monoisotopic (exact) mass is 378 g/mol. The minimum atomic E-state index is -0.400. The van der Waals surface area contributed by atoms with Gasteiger partial charge in [-0.25, -0.2) is 4.99 Å². The maximum atomic E-state index is 10.7. The van der Waals surface area contributed by atoms with Gasteiger partial charge in [-0.1, -0.05) is 12.1 Å². The summed E-state index contributed by atoms with van der Waals surface area (Å²) in [6, 6.07) is 6.46. The standard InChI is InChI=1S/C19H30N4O4/c1-2-20-19(22-14-16-4-6-18(7-5-16)23(24)25)21-10-3-11-27-15-17-8-12-26-13-9-17/h4-7,17H,2-3,8-15H2,1H3,(H2,20,21,22). The number of hydrogen-bond donors (Lipinski definition) is 2. The van der Waals surface area contributed by atoms with Crippen molar-refractivity contribution in [1.29, 1.82) is 0 Å². The fourth-order valence-corrected chi connectivity index (χ4v) is 2.78. The van der Waals surface area contributed by atoms with Crippen molar-refractivity contribution in [3.8, 4) is 0 Å². The number of ether oxygens (including phenoxy) is 2. The van der Waals surface area contributed by atoms with Crippen LogP contribution in [-0.4, -0.2) is 50.4 Å². The number of nitro benzene ring substituents is 1. The van der Waals surface area contributed by atoms with E-state index in [0.717, 1.165) is 70.3 Å². The highest BCUT2D eigenvalue weighted by molar-refractivity contribution is 5.79. The molecule has 1 aliphatic rings. The quantitative estimate of drug-likeness (QED) is 0.213. The highest BCUT2D eigenvalue weighted by atomic mass is 16.6. The highest BCUT2D eigenvalue weighted by Gasteiger charge is 2.13. The van der Waals surface area contributed by atoms with Crippen LogP contribution in [0.1, 0.15) is 31.7 Å². The number of guanidine groups is 1. The van der Waals surface area contributed by atoms with Crippen LogP contribution >= 0.6 is 0 Å². The number of nitrogens with one attached hydrogen (secondary N) is 2. The molecule has 150 valence electrons. The summed E-state index contributed by atoms with van der Waals surface area (Å²) in [5.41, 5.74) is 1.02. The van der Waals surface area contributed by atoms with Crippen LogP contribution in [0, 0.1) is 16.0 Å². The number of hydrogen-bond acceptors (Lipinski definition) is 5. The first-order valence-corrected chi connectivity index (χ1v) is 9.60. The lowest BCUT2D eigenvalue weighted by atomic mass is 10.0. The van der Waals surface area contributed by atoms with E-state index in [1.807, 2.05) is 6.92 Å². The molecular weight excluding hydrogens is 348 g/mol. The third-order valence-corrected chi connectivity index (χ3v) is 4.36. The van der Waals surface area contributed by atoms with E-state index < -0.39 is 4.92 Å². The first kappa shape index (κ1) is 21.1. The molecule has 2 N–H and O–H groups in total. The summed E-state index contributed by atoms with van der Waals surface area (Å²) in [6.45, 7) is 7.28. The SMILES string of the molecule is CCNC(=NCc1ccc([N+](=O)[O-])cc1)NCCCOCC1CCOCC1. The molecule has 0 bridgehead atoms. The van der Waals surface area contributed by atoms with E-state index in [4.69, 9.17) is 9.47 Å². The van der Waals surface area contributed by atoms with Crippen molar-refractivity contribution in [2.75, 3.05) is 39.5 Å². The zero-order valence-corrected chi connectivity index (χ0v) is 16.0. The first-order valence-electron chi connectivity index (χ1n) is 9.60. The molecule has 8 nitrogen and oxygen atoms in total. The van der Waals surface area contributed by atoms with Crippen molar-refractivity contribution in [3.05, 3.63) is 39.9 Å². The van der Waals surface area contributed by atoms with E-state index in [0.29, 0.717) is 12.5 Å². The van der Waals surface area contributed by atoms with Crippen LogP contribution in [0.25, 0.3) is 0 Å². The predicted octanol–water partition coefficient (Wildman–Crippen LogP) is 2.48. The summed E-state index contributed by atoms with van der Waals surface area (Å²) < 4.78 is 11.1. The molecule has 0 amide bonds. The molecule has 27 heavy (non-hydrogen) atoms. The van der Waals surface area contributed by atoms with Gasteiger partial charge in [-0.05, 0) is 37.7 Å². The Bertz CT molecular complexity index is 586. The molecule has 2 rings (SSSR count). The van der Waals surface area contributed by atoms with Crippen LogP contribution in [0.5, 0.6) is 0 Å². The molecule has 0 saturated carbocycles. The normalized spacial score (nSPS) is 15.5. The van der Waals surface area contributed by atoms with Crippen LogP contribution in [-0.2, 0) is 16.0 Å². The van der Waals surface area contributed by atoms with Gasteiger partial charge in [-0.2, -0.15) is 0 Å². The highest BCUT2D eigenvalue weighted by Crippen LogP contribution is 2.14. The topological polar surface area (TPSA) is 98.0 Å². The summed E-state index contributed by atoms with van der Waals surface area (Å²) in [6.07, 6.45) is 3.10. The van der Waals surface area contributed by atoms with Gasteiger partial charge in [0.2, 0.25) is 0 Å². The lowest BCUT2D eigenvalue weighted by molar-refractivity contribution is -0.384. The van der Waals surface area contributed by atoms with Crippen molar-refractivity contribution < 1.29 is 14.4 Å². The van der Waals surface area contributed by atoms with Gasteiger partial charge in [0, 0.05) is 51.6 Å². The van der Waals surface area contributed by atoms with Crippen LogP contribution < -0.4 is 10.6 Å². The minimum Gasteiger partial charge on any atom is -0.381 e. The summed E-state index contributed by atoms with van der Waals surface area (Å²) in [7, 11) is 0. The molecule has 1 saturated heterocycles. The van der Waals surface area contributed by atoms with Crippen molar-refractivity contribution in [2.45, 2.75) is 32.7 Å². The molecule has 1 aromatic carbocycles. The third kappa shape index (κ3) is 8.36. The zero-order valence-electron chi connectivity index (χ0n) is 16.0. The Hall–Kier alpha value is -2.19. The maximum Gasteiger partial charge on any atom is 0.269 e. The van der Waals surface area contributed by atoms with Gasteiger partial charge in [-0.15, -0.1) is 0 Å². The molecule has 0 aliphatic carbocycles. The second-order valence-electron chi connectivity index (χ2n) is 6.53. The van der Waals surface area contributed by atoms with Gasteiger partial charge >= 0.3 is 0 Å². The van der Waals surface area contributed by atoms with Gasteiger partial charge in [0.1, 0.15) is 0 Å². The summed E-state index contributed by atoms with van der Waals surface area (Å²) in [5.74, 6) is 1.37. The zero-order chi connectivity index (χ0) is 19.3. The van der Waals surface area contributed by atoms with E-state index in [9.17, 15) is 10.1 Å². The molecule has 0 atom stereocenters. The Morgan fingerprint density at radius 2 is 2.04 bits per heavy atom.